The van der Waals surface area contributed by atoms with Gasteiger partial charge in [-0.05, 0) is 61.3 Å². The summed E-state index contributed by atoms with van der Waals surface area (Å²) in [7, 11) is 2.14. The van der Waals surface area contributed by atoms with Gasteiger partial charge in [-0.1, -0.05) is 18.2 Å². The number of amides is 1. The molecule has 4 N–H and O–H groups in total. The van der Waals surface area contributed by atoms with Crippen LogP contribution in [0.5, 0.6) is 0 Å². The Bertz CT molecular complexity index is 1070. The van der Waals surface area contributed by atoms with Crippen LogP contribution in [-0.2, 0) is 17.8 Å². The monoisotopic (exact) mass is 392 g/mol. The van der Waals surface area contributed by atoms with Crippen molar-refractivity contribution >= 4 is 34.7 Å². The fraction of sp³-hybridized carbons (Fsp3) is 0.227. The summed E-state index contributed by atoms with van der Waals surface area (Å²) in [5, 5.41) is 11.2. The van der Waals surface area contributed by atoms with Crippen molar-refractivity contribution in [3.8, 4) is 0 Å². The quantitative estimate of drug-likeness (QED) is 0.591. The maximum atomic E-state index is 11.9. The molecule has 2 aromatic carbocycles. The second-order valence-electron chi connectivity index (χ2n) is 7.09. The van der Waals surface area contributed by atoms with E-state index in [-0.39, 0.29) is 12.2 Å². The van der Waals surface area contributed by atoms with E-state index in [0.717, 1.165) is 36.1 Å². The number of anilines is 2. The van der Waals surface area contributed by atoms with Crippen LogP contribution in [0.1, 0.15) is 27.2 Å². The Morgan fingerprint density at radius 3 is 2.72 bits per heavy atom. The third-order valence-corrected chi connectivity index (χ3v) is 4.99. The molecular weight excluding hydrogens is 368 g/mol. The molecule has 4 rings (SSSR count). The van der Waals surface area contributed by atoms with E-state index < -0.39 is 5.91 Å². The van der Waals surface area contributed by atoms with Crippen molar-refractivity contribution in [3.63, 3.8) is 0 Å². The van der Waals surface area contributed by atoms with Crippen molar-refractivity contribution in [2.75, 3.05) is 18.9 Å². The van der Waals surface area contributed by atoms with E-state index in [2.05, 4.69) is 41.3 Å². The summed E-state index contributed by atoms with van der Waals surface area (Å²) in [5.74, 6) is -0.535. The zero-order valence-corrected chi connectivity index (χ0v) is 16.5. The Kier molecular flexibility index (Phi) is 6.09. The van der Waals surface area contributed by atoms with Crippen molar-refractivity contribution in [1.82, 2.24) is 9.88 Å². The second-order valence-corrected chi connectivity index (χ2v) is 7.09. The normalized spacial score (nSPS) is 13.2. The molecule has 0 fully saturated rings. The predicted molar refractivity (Wildman–Crippen MR) is 113 cm³/mol. The number of carbonyl (C=O) groups excluding carboxylic acids is 1. The molecule has 3 aromatic rings. The number of likely N-dealkylation sites (N-methyl/N-ethyl adjacent to an activating group) is 1. The first-order chi connectivity index (χ1) is 13.9. The minimum atomic E-state index is -0.535. The molecule has 0 radical (unpaired) electrons. The molecule has 0 bridgehead atoms. The van der Waals surface area contributed by atoms with Crippen LogP contribution < -0.4 is 11.1 Å². The van der Waals surface area contributed by atoms with Gasteiger partial charge in [-0.3, -0.25) is 9.59 Å². The minimum absolute atomic E-state index is 0.250. The molecule has 7 heteroatoms. The molecule has 29 heavy (non-hydrogen) atoms. The molecule has 1 aromatic heterocycles. The summed E-state index contributed by atoms with van der Waals surface area (Å²) in [5.41, 5.74) is 12.2. The number of pyridine rings is 1. The van der Waals surface area contributed by atoms with Gasteiger partial charge in [0.15, 0.2) is 5.69 Å². The van der Waals surface area contributed by atoms with E-state index in [1.54, 1.807) is 0 Å². The number of hydrogen-bond donors (Lipinski definition) is 3. The highest BCUT2D eigenvalue weighted by atomic mass is 16.3. The van der Waals surface area contributed by atoms with Gasteiger partial charge >= 0.3 is 0 Å². The summed E-state index contributed by atoms with van der Waals surface area (Å²) in [6, 6.07) is 13.9. The van der Waals surface area contributed by atoms with Crippen molar-refractivity contribution < 1.29 is 14.7 Å². The number of fused-ring (bicyclic) bond motifs is 2. The Labute approximate surface area is 169 Å². The molecule has 7 nitrogen and oxygen atoms in total. The molecule has 1 amide bonds. The number of nitrogens with one attached hydrogen (secondary N) is 1. The molecule has 1 aliphatic heterocycles. The first kappa shape index (κ1) is 20.3. The van der Waals surface area contributed by atoms with Crippen LogP contribution in [-0.4, -0.2) is 41.0 Å². The van der Waals surface area contributed by atoms with Crippen LogP contribution in [0.15, 0.2) is 42.5 Å². The lowest BCUT2D eigenvalue weighted by molar-refractivity contribution is -0.122. The topological polar surface area (TPSA) is 109 Å². The Balaban J connectivity index is 0.000000755. The van der Waals surface area contributed by atoms with E-state index in [0.29, 0.717) is 5.69 Å². The summed E-state index contributed by atoms with van der Waals surface area (Å²) in [6.07, 6.45) is 1.07. The summed E-state index contributed by atoms with van der Waals surface area (Å²) in [4.78, 5) is 27.0. The van der Waals surface area contributed by atoms with Crippen LogP contribution in [0.3, 0.4) is 0 Å². The summed E-state index contributed by atoms with van der Waals surface area (Å²) < 4.78 is 0. The van der Waals surface area contributed by atoms with Gasteiger partial charge in [0.2, 0.25) is 0 Å². The molecule has 1 aliphatic rings. The number of aryl methyl sites for hydroxylation is 1. The number of carbonyl (C=O) groups is 2. The number of carboxylic acid groups (broad SMARTS) is 1. The van der Waals surface area contributed by atoms with Crippen molar-refractivity contribution in [3.05, 3.63) is 64.8 Å². The van der Waals surface area contributed by atoms with E-state index >= 15 is 0 Å². The molecule has 0 atom stereocenters. The van der Waals surface area contributed by atoms with Gasteiger partial charge in [0.1, 0.15) is 0 Å². The van der Waals surface area contributed by atoms with E-state index in [1.807, 2.05) is 30.3 Å². The fourth-order valence-corrected chi connectivity index (χ4v) is 3.69. The highest BCUT2D eigenvalue weighted by Crippen LogP contribution is 2.29. The van der Waals surface area contributed by atoms with Crippen LogP contribution in [0.2, 0.25) is 0 Å². The predicted octanol–water partition coefficient (Wildman–Crippen LogP) is 3.07. The average Bonchev–Trinajstić information content (AvgIpc) is 2.67. The maximum Gasteiger partial charge on any atom is 0.290 e. The van der Waals surface area contributed by atoms with Crippen molar-refractivity contribution in [2.45, 2.75) is 19.9 Å². The first-order valence-corrected chi connectivity index (χ1v) is 9.28. The molecule has 0 unspecified atom stereocenters. The van der Waals surface area contributed by atoms with E-state index in [1.165, 1.54) is 16.7 Å². The van der Waals surface area contributed by atoms with Crippen molar-refractivity contribution in [2.24, 2.45) is 5.73 Å². The number of hydrogen-bond acceptors (Lipinski definition) is 5. The van der Waals surface area contributed by atoms with Gasteiger partial charge in [0.05, 0.1) is 11.2 Å². The first-order valence-electron chi connectivity index (χ1n) is 9.28. The lowest BCUT2D eigenvalue weighted by Crippen LogP contribution is -2.27. The number of nitrogens with two attached hydrogens (primary N) is 1. The third kappa shape index (κ3) is 4.52. The van der Waals surface area contributed by atoms with Gasteiger partial charge in [0, 0.05) is 24.2 Å². The zero-order valence-electron chi connectivity index (χ0n) is 16.5. The highest BCUT2D eigenvalue weighted by molar-refractivity contribution is 6.00. The number of para-hydroxylation sites is 1. The van der Waals surface area contributed by atoms with Crippen LogP contribution >= 0.6 is 0 Å². The highest BCUT2D eigenvalue weighted by Gasteiger charge is 2.17. The van der Waals surface area contributed by atoms with Gasteiger partial charge < -0.3 is 21.1 Å². The molecule has 0 saturated heterocycles. The minimum Gasteiger partial charge on any atom is -0.483 e. The number of rotatable bonds is 3. The Morgan fingerprint density at radius 1 is 1.28 bits per heavy atom. The van der Waals surface area contributed by atoms with Gasteiger partial charge in [0.25, 0.3) is 12.4 Å². The van der Waals surface area contributed by atoms with Crippen molar-refractivity contribution in [1.29, 1.82) is 0 Å². The zero-order chi connectivity index (χ0) is 21.0. The molecular formula is C22H24N4O3. The average molecular weight is 392 g/mol. The largest absolute Gasteiger partial charge is 0.483 e. The lowest BCUT2D eigenvalue weighted by atomic mass is 9.94. The molecule has 0 spiro atoms. The molecule has 150 valence electrons. The van der Waals surface area contributed by atoms with Gasteiger partial charge in [-0.25, -0.2) is 4.98 Å². The molecule has 0 saturated carbocycles. The maximum absolute atomic E-state index is 11.9. The van der Waals surface area contributed by atoms with Crippen LogP contribution in [0.25, 0.3) is 10.9 Å². The summed E-state index contributed by atoms with van der Waals surface area (Å²) in [6.45, 7) is 3.91. The number of primary amides is 1. The summed E-state index contributed by atoms with van der Waals surface area (Å²) >= 11 is 0. The standard InChI is InChI=1S/C21H22N4O.CH2O2/c1-13-9-16(10-15-12-25(2)8-7-17(13)15)23-19-11-14-5-3-4-6-18(14)24-20(19)21(22)26;2-1-3/h3-6,9-11,23H,7-8,12H2,1-2H3,(H2,22,26);1H,(H,2,3). The number of aromatic nitrogens is 1. The number of nitrogens with zero attached hydrogens (tertiary/aromatic N) is 2. The SMILES string of the molecule is Cc1cc(Nc2cc3ccccc3nc2C(N)=O)cc2c1CCN(C)C2.O=CO. The van der Waals surface area contributed by atoms with E-state index in [4.69, 9.17) is 15.6 Å². The lowest BCUT2D eigenvalue weighted by Gasteiger charge is -2.27. The molecule has 2 heterocycles. The third-order valence-electron chi connectivity index (χ3n) is 4.99. The second kappa shape index (κ2) is 8.70. The van der Waals surface area contributed by atoms with Gasteiger partial charge in [-0.15, -0.1) is 0 Å². The smallest absolute Gasteiger partial charge is 0.290 e. The fourth-order valence-electron chi connectivity index (χ4n) is 3.69. The van der Waals surface area contributed by atoms with E-state index in [9.17, 15) is 4.79 Å². The molecule has 0 aliphatic carbocycles. The number of benzene rings is 2. The Morgan fingerprint density at radius 2 is 2.00 bits per heavy atom. The van der Waals surface area contributed by atoms with Gasteiger partial charge in [-0.2, -0.15) is 0 Å². The Hall–Kier alpha value is -3.45. The van der Waals surface area contributed by atoms with Crippen LogP contribution in [0.4, 0.5) is 11.4 Å². The van der Waals surface area contributed by atoms with Crippen LogP contribution in [0, 0.1) is 6.92 Å².